The maximum atomic E-state index is 12.4. The van der Waals surface area contributed by atoms with Crippen LogP contribution in [0.3, 0.4) is 0 Å². The van der Waals surface area contributed by atoms with Crippen molar-refractivity contribution in [2.75, 3.05) is 6.54 Å². The molecule has 3 heterocycles. The number of nitro groups is 2. The summed E-state index contributed by atoms with van der Waals surface area (Å²) in [7, 11) is 0. The minimum atomic E-state index is -0.666. The van der Waals surface area contributed by atoms with Crippen molar-refractivity contribution in [1.29, 1.82) is 0 Å². The fourth-order valence-electron chi connectivity index (χ4n) is 3.37. The maximum Gasteiger partial charge on any atom is 0.280 e. The van der Waals surface area contributed by atoms with Crippen LogP contribution >= 0.6 is 0 Å². The Bertz CT molecular complexity index is 1150. The first-order valence-electron chi connectivity index (χ1n) is 8.72. The zero-order chi connectivity index (χ0) is 20.5. The van der Waals surface area contributed by atoms with Gasteiger partial charge in [-0.2, -0.15) is 0 Å². The van der Waals surface area contributed by atoms with E-state index >= 15 is 0 Å². The Hall–Kier alpha value is -3.86. The molecule has 0 saturated carbocycles. The van der Waals surface area contributed by atoms with Gasteiger partial charge in [-0.25, -0.2) is 4.98 Å². The van der Waals surface area contributed by atoms with E-state index in [2.05, 4.69) is 9.97 Å². The number of benzene rings is 1. The van der Waals surface area contributed by atoms with E-state index in [-0.39, 0.29) is 23.5 Å². The predicted molar refractivity (Wildman–Crippen MR) is 100 cm³/mol. The number of nitro benzene ring substituents is 2. The molecule has 4 rings (SSSR count). The van der Waals surface area contributed by atoms with E-state index in [1.165, 1.54) is 18.4 Å². The van der Waals surface area contributed by atoms with E-state index in [0.29, 0.717) is 47.9 Å². The molecule has 1 N–H and O–H groups in total. The van der Waals surface area contributed by atoms with Gasteiger partial charge >= 0.3 is 0 Å². The molecule has 29 heavy (non-hydrogen) atoms. The van der Waals surface area contributed by atoms with Crippen LogP contribution in [0.1, 0.15) is 16.8 Å². The first kappa shape index (κ1) is 18.5. The number of aromatic amines is 1. The molecule has 0 unspecified atom stereocenters. The molecular weight excluding hydrogens is 382 g/mol. The monoisotopic (exact) mass is 397 g/mol. The van der Waals surface area contributed by atoms with E-state index in [1.807, 2.05) is 4.90 Å². The molecule has 1 aliphatic rings. The van der Waals surface area contributed by atoms with E-state index in [4.69, 9.17) is 4.42 Å². The lowest BCUT2D eigenvalue weighted by Crippen LogP contribution is -2.35. The number of nitrogens with one attached hydrogen (secondary N) is 1. The van der Waals surface area contributed by atoms with Gasteiger partial charge in [0.2, 0.25) is 0 Å². The van der Waals surface area contributed by atoms with E-state index in [0.717, 1.165) is 6.07 Å². The molecule has 11 heteroatoms. The standard InChI is InChI=1S/C18H15N5O6/c24-18-13-5-6-21(10-14(13)19-17(20-18)16-2-1-7-29-16)9-11-3-4-12(22(25)26)8-15(11)23(27)28/h1-4,7-8H,5-6,9-10H2,(H,19,20,24). The SMILES string of the molecule is O=c1[nH]c(-c2ccco2)nc2c1CCN(Cc1ccc([N+](=O)[O-])cc1[N+](=O)[O-])C2. The molecule has 2 aromatic heterocycles. The Kier molecular flexibility index (Phi) is 4.64. The van der Waals surface area contributed by atoms with Gasteiger partial charge in [-0.15, -0.1) is 0 Å². The minimum absolute atomic E-state index is 0.207. The Morgan fingerprint density at radius 2 is 2.03 bits per heavy atom. The summed E-state index contributed by atoms with van der Waals surface area (Å²) in [6.07, 6.45) is 1.92. The molecule has 0 radical (unpaired) electrons. The molecule has 148 valence electrons. The van der Waals surface area contributed by atoms with E-state index in [9.17, 15) is 25.0 Å². The molecular formula is C18H15N5O6. The van der Waals surface area contributed by atoms with Crippen LogP contribution in [-0.4, -0.2) is 31.3 Å². The first-order chi connectivity index (χ1) is 13.9. The largest absolute Gasteiger partial charge is 0.461 e. The number of non-ortho nitro benzene ring substituents is 1. The topological polar surface area (TPSA) is 148 Å². The molecule has 0 spiro atoms. The molecule has 1 aromatic carbocycles. The fourth-order valence-corrected chi connectivity index (χ4v) is 3.37. The second-order valence-corrected chi connectivity index (χ2v) is 6.60. The van der Waals surface area contributed by atoms with Crippen molar-refractivity contribution in [2.24, 2.45) is 0 Å². The Morgan fingerprint density at radius 3 is 2.72 bits per heavy atom. The van der Waals surface area contributed by atoms with Gasteiger partial charge in [0.25, 0.3) is 16.9 Å². The molecule has 0 saturated heterocycles. The number of H-pyrrole nitrogens is 1. The molecule has 0 atom stereocenters. The third-order valence-corrected chi connectivity index (χ3v) is 4.78. The van der Waals surface area contributed by atoms with Crippen LogP contribution in [0.4, 0.5) is 11.4 Å². The van der Waals surface area contributed by atoms with Crippen LogP contribution in [0.5, 0.6) is 0 Å². The lowest BCUT2D eigenvalue weighted by molar-refractivity contribution is -0.394. The lowest BCUT2D eigenvalue weighted by Gasteiger charge is -2.27. The number of nitrogens with zero attached hydrogens (tertiary/aromatic N) is 4. The molecule has 0 amide bonds. The van der Waals surface area contributed by atoms with E-state index in [1.54, 1.807) is 12.1 Å². The van der Waals surface area contributed by atoms with Crippen LogP contribution in [0, 0.1) is 20.2 Å². The van der Waals surface area contributed by atoms with Crippen molar-refractivity contribution in [3.63, 3.8) is 0 Å². The van der Waals surface area contributed by atoms with Crippen molar-refractivity contribution in [1.82, 2.24) is 14.9 Å². The Balaban J connectivity index is 1.62. The molecule has 0 fully saturated rings. The summed E-state index contributed by atoms with van der Waals surface area (Å²) >= 11 is 0. The van der Waals surface area contributed by atoms with Crippen LogP contribution in [0.15, 0.2) is 45.8 Å². The summed E-state index contributed by atoms with van der Waals surface area (Å²) in [5.74, 6) is 0.759. The molecule has 0 aliphatic carbocycles. The summed E-state index contributed by atoms with van der Waals surface area (Å²) in [6.45, 7) is 1.03. The van der Waals surface area contributed by atoms with Crippen molar-refractivity contribution in [2.45, 2.75) is 19.5 Å². The van der Waals surface area contributed by atoms with Crippen molar-refractivity contribution in [3.05, 3.63) is 84.0 Å². The molecule has 0 bridgehead atoms. The summed E-state index contributed by atoms with van der Waals surface area (Å²) < 4.78 is 5.28. The highest BCUT2D eigenvalue weighted by Gasteiger charge is 2.25. The second-order valence-electron chi connectivity index (χ2n) is 6.60. The maximum absolute atomic E-state index is 12.4. The number of hydrogen-bond acceptors (Lipinski definition) is 8. The molecule has 11 nitrogen and oxygen atoms in total. The fraction of sp³-hybridized carbons (Fsp3) is 0.222. The van der Waals surface area contributed by atoms with Gasteiger partial charge in [-0.1, -0.05) is 0 Å². The predicted octanol–water partition coefficient (Wildman–Crippen LogP) is 2.40. The van der Waals surface area contributed by atoms with Crippen LogP contribution in [0.25, 0.3) is 11.6 Å². The number of furan rings is 1. The van der Waals surface area contributed by atoms with Crippen LogP contribution in [-0.2, 0) is 19.5 Å². The van der Waals surface area contributed by atoms with Crippen LogP contribution in [0.2, 0.25) is 0 Å². The van der Waals surface area contributed by atoms with Gasteiger partial charge in [0, 0.05) is 36.8 Å². The van der Waals surface area contributed by atoms with Gasteiger partial charge in [-0.05, 0) is 24.6 Å². The Labute approximate surface area is 162 Å². The highest BCUT2D eigenvalue weighted by molar-refractivity contribution is 5.49. The first-order valence-corrected chi connectivity index (χ1v) is 8.72. The van der Waals surface area contributed by atoms with E-state index < -0.39 is 9.85 Å². The highest BCUT2D eigenvalue weighted by Crippen LogP contribution is 2.27. The number of aromatic nitrogens is 2. The average molecular weight is 397 g/mol. The number of hydrogen-bond donors (Lipinski definition) is 1. The molecule has 1 aliphatic heterocycles. The summed E-state index contributed by atoms with van der Waals surface area (Å²) in [5, 5.41) is 22.3. The van der Waals surface area contributed by atoms with Gasteiger partial charge in [0.1, 0.15) is 0 Å². The van der Waals surface area contributed by atoms with Gasteiger partial charge in [-0.3, -0.25) is 29.9 Å². The van der Waals surface area contributed by atoms with Gasteiger partial charge in [0.15, 0.2) is 11.6 Å². The summed E-state index contributed by atoms with van der Waals surface area (Å²) in [5.41, 5.74) is 0.647. The quantitative estimate of drug-likeness (QED) is 0.509. The van der Waals surface area contributed by atoms with Gasteiger partial charge in [0.05, 0.1) is 27.9 Å². The number of rotatable bonds is 5. The smallest absolute Gasteiger partial charge is 0.280 e. The molecule has 3 aromatic rings. The van der Waals surface area contributed by atoms with Gasteiger partial charge < -0.3 is 9.40 Å². The lowest BCUT2D eigenvalue weighted by atomic mass is 10.0. The summed E-state index contributed by atoms with van der Waals surface area (Å²) in [6, 6.07) is 6.98. The zero-order valence-corrected chi connectivity index (χ0v) is 15.0. The third kappa shape index (κ3) is 3.62. The van der Waals surface area contributed by atoms with Crippen molar-refractivity contribution >= 4 is 11.4 Å². The summed E-state index contributed by atoms with van der Waals surface area (Å²) in [4.78, 5) is 42.5. The second kappa shape index (κ2) is 7.28. The van der Waals surface area contributed by atoms with Crippen molar-refractivity contribution in [3.8, 4) is 11.6 Å². The average Bonchev–Trinajstić information content (AvgIpc) is 3.22. The van der Waals surface area contributed by atoms with Crippen LogP contribution < -0.4 is 5.56 Å². The Morgan fingerprint density at radius 1 is 1.21 bits per heavy atom. The number of fused-ring (bicyclic) bond motifs is 1. The normalized spacial score (nSPS) is 13.8. The highest BCUT2D eigenvalue weighted by atomic mass is 16.6. The zero-order valence-electron chi connectivity index (χ0n) is 15.0. The van der Waals surface area contributed by atoms with Crippen molar-refractivity contribution < 1.29 is 14.3 Å². The third-order valence-electron chi connectivity index (χ3n) is 4.78. The minimum Gasteiger partial charge on any atom is -0.461 e.